The highest BCUT2D eigenvalue weighted by Crippen LogP contribution is 2.38. The maximum Gasteiger partial charge on any atom is 0.243 e. The summed E-state index contributed by atoms with van der Waals surface area (Å²) in [6.45, 7) is 4.32. The molecule has 0 heterocycles. The van der Waals surface area contributed by atoms with Gasteiger partial charge in [-0.05, 0) is 13.8 Å². The summed E-state index contributed by atoms with van der Waals surface area (Å²) in [5.74, 6) is 0.219. The average molecular weight is 379 g/mol. The first-order valence-electron chi connectivity index (χ1n) is 7.36. The van der Waals surface area contributed by atoms with Crippen LogP contribution in [-0.2, 0) is 14.8 Å². The fourth-order valence-electron chi connectivity index (χ4n) is 2.22. The van der Waals surface area contributed by atoms with Crippen molar-refractivity contribution < 1.29 is 22.7 Å². The number of rotatable bonds is 8. The van der Waals surface area contributed by atoms with Crippen LogP contribution in [0.15, 0.2) is 12.1 Å². The van der Waals surface area contributed by atoms with Crippen molar-refractivity contribution in [3.63, 3.8) is 0 Å². The summed E-state index contributed by atoms with van der Waals surface area (Å²) in [7, 11) is -0.909. The maximum absolute atomic E-state index is 12.4. The molecule has 0 bridgehead atoms. The predicted octanol–water partition coefficient (Wildman–Crippen LogP) is 1.99. The molecule has 0 aromatic heterocycles. The van der Waals surface area contributed by atoms with Crippen molar-refractivity contribution in [1.82, 2.24) is 4.90 Å². The van der Waals surface area contributed by atoms with Gasteiger partial charge in [-0.2, -0.15) is 0 Å². The zero-order chi connectivity index (χ0) is 18.5. The van der Waals surface area contributed by atoms with Crippen molar-refractivity contribution in [3.05, 3.63) is 17.2 Å². The molecule has 1 aromatic rings. The Hall–Kier alpha value is -1.67. The normalized spacial score (nSPS) is 11.1. The third kappa shape index (κ3) is 4.67. The van der Waals surface area contributed by atoms with Crippen LogP contribution < -0.4 is 13.8 Å². The van der Waals surface area contributed by atoms with Gasteiger partial charge in [-0.25, -0.2) is 8.42 Å². The molecule has 1 amide bonds. The molecule has 0 radical (unpaired) electrons. The zero-order valence-corrected chi connectivity index (χ0v) is 16.1. The highest BCUT2D eigenvalue weighted by atomic mass is 35.5. The van der Waals surface area contributed by atoms with E-state index in [1.165, 1.54) is 26.4 Å². The quantitative estimate of drug-likeness (QED) is 0.691. The Balaban J connectivity index is 3.40. The second kappa shape index (κ2) is 8.43. The molecule has 0 spiro atoms. The lowest BCUT2D eigenvalue weighted by atomic mass is 10.2. The molecule has 0 aliphatic carbocycles. The summed E-state index contributed by atoms with van der Waals surface area (Å²) in [6.07, 6.45) is 1.03. The summed E-state index contributed by atoms with van der Waals surface area (Å²) in [6, 6.07) is 2.90. The molecule has 0 saturated heterocycles. The number of amides is 1. The predicted molar refractivity (Wildman–Crippen MR) is 94.7 cm³/mol. The molecule has 9 heteroatoms. The van der Waals surface area contributed by atoms with Crippen LogP contribution in [0.4, 0.5) is 5.69 Å². The first kappa shape index (κ1) is 20.4. The molecule has 0 aliphatic rings. The average Bonchev–Trinajstić information content (AvgIpc) is 2.52. The Labute approximate surface area is 148 Å². The largest absolute Gasteiger partial charge is 0.495 e. The van der Waals surface area contributed by atoms with Crippen LogP contribution in [0.3, 0.4) is 0 Å². The van der Waals surface area contributed by atoms with Crippen molar-refractivity contribution in [1.29, 1.82) is 0 Å². The van der Waals surface area contributed by atoms with Crippen LogP contribution in [0, 0.1) is 0 Å². The Morgan fingerprint density at radius 3 is 2.08 bits per heavy atom. The van der Waals surface area contributed by atoms with E-state index in [4.69, 9.17) is 21.1 Å². The van der Waals surface area contributed by atoms with E-state index in [0.717, 1.165) is 10.6 Å². The van der Waals surface area contributed by atoms with Gasteiger partial charge in [0, 0.05) is 25.2 Å². The van der Waals surface area contributed by atoms with Gasteiger partial charge in [0.1, 0.15) is 18.0 Å². The first-order valence-corrected chi connectivity index (χ1v) is 9.59. The molecule has 0 saturated carbocycles. The summed E-state index contributed by atoms with van der Waals surface area (Å²) >= 11 is 6.05. The lowest BCUT2D eigenvalue weighted by Crippen LogP contribution is -2.42. The first-order chi connectivity index (χ1) is 11.2. The Morgan fingerprint density at radius 1 is 1.12 bits per heavy atom. The summed E-state index contributed by atoms with van der Waals surface area (Å²) in [4.78, 5) is 13.9. The molecule has 0 fully saturated rings. The molecule has 1 aromatic carbocycles. The Kier molecular flexibility index (Phi) is 7.16. The van der Waals surface area contributed by atoms with E-state index >= 15 is 0 Å². The highest BCUT2D eigenvalue weighted by molar-refractivity contribution is 7.92. The van der Waals surface area contributed by atoms with E-state index in [-0.39, 0.29) is 34.7 Å². The summed E-state index contributed by atoms with van der Waals surface area (Å²) < 4.78 is 35.8. The van der Waals surface area contributed by atoms with Crippen molar-refractivity contribution in [2.45, 2.75) is 13.8 Å². The van der Waals surface area contributed by atoms with Gasteiger partial charge in [0.15, 0.2) is 0 Å². The molecular weight excluding hydrogens is 356 g/mol. The van der Waals surface area contributed by atoms with Crippen molar-refractivity contribution in [3.8, 4) is 11.5 Å². The molecule has 24 heavy (non-hydrogen) atoms. The van der Waals surface area contributed by atoms with Gasteiger partial charge in [-0.1, -0.05) is 11.6 Å². The summed E-state index contributed by atoms with van der Waals surface area (Å²) in [5.41, 5.74) is 0.196. The minimum atomic E-state index is -3.73. The van der Waals surface area contributed by atoms with Gasteiger partial charge in [0.25, 0.3) is 0 Å². The SMILES string of the molecule is CCN(CC)C(=O)CN(c1cc(OC)c(Cl)cc1OC)S(C)(=O)=O. The van der Waals surface area contributed by atoms with Gasteiger partial charge in [0.2, 0.25) is 15.9 Å². The van der Waals surface area contributed by atoms with Crippen molar-refractivity contribution in [2.24, 2.45) is 0 Å². The van der Waals surface area contributed by atoms with Gasteiger partial charge >= 0.3 is 0 Å². The van der Waals surface area contributed by atoms with Crippen LogP contribution in [0.25, 0.3) is 0 Å². The second-order valence-electron chi connectivity index (χ2n) is 4.99. The number of benzene rings is 1. The number of hydrogen-bond acceptors (Lipinski definition) is 5. The molecule has 136 valence electrons. The molecule has 0 unspecified atom stereocenters. The van der Waals surface area contributed by atoms with Crippen LogP contribution in [-0.4, -0.2) is 59.3 Å². The lowest BCUT2D eigenvalue weighted by molar-refractivity contribution is -0.129. The third-order valence-corrected chi connectivity index (χ3v) is 4.94. The van der Waals surface area contributed by atoms with Crippen LogP contribution in [0.5, 0.6) is 11.5 Å². The number of halogens is 1. The molecule has 1 rings (SSSR count). The highest BCUT2D eigenvalue weighted by Gasteiger charge is 2.27. The Bertz CT molecular complexity index is 689. The number of carbonyl (C=O) groups is 1. The Morgan fingerprint density at radius 2 is 1.67 bits per heavy atom. The van der Waals surface area contributed by atoms with Crippen LogP contribution >= 0.6 is 11.6 Å². The van der Waals surface area contributed by atoms with E-state index < -0.39 is 10.0 Å². The van der Waals surface area contributed by atoms with Crippen molar-refractivity contribution in [2.75, 3.05) is 44.4 Å². The third-order valence-electron chi connectivity index (χ3n) is 3.52. The monoisotopic (exact) mass is 378 g/mol. The topological polar surface area (TPSA) is 76.2 Å². The van der Waals surface area contributed by atoms with Crippen LogP contribution in [0.2, 0.25) is 5.02 Å². The van der Waals surface area contributed by atoms with Gasteiger partial charge in [0.05, 0.1) is 31.2 Å². The van der Waals surface area contributed by atoms with E-state index in [0.29, 0.717) is 13.1 Å². The molecule has 0 atom stereocenters. The molecule has 0 N–H and O–H groups in total. The fourth-order valence-corrected chi connectivity index (χ4v) is 3.30. The van der Waals surface area contributed by atoms with E-state index in [1.807, 2.05) is 13.8 Å². The van der Waals surface area contributed by atoms with Crippen molar-refractivity contribution >= 4 is 33.2 Å². The van der Waals surface area contributed by atoms with E-state index in [1.54, 1.807) is 4.90 Å². The smallest absolute Gasteiger partial charge is 0.243 e. The zero-order valence-electron chi connectivity index (χ0n) is 14.5. The van der Waals surface area contributed by atoms with Crippen LogP contribution in [0.1, 0.15) is 13.8 Å². The number of sulfonamides is 1. The number of nitrogens with zero attached hydrogens (tertiary/aromatic N) is 2. The van der Waals surface area contributed by atoms with Gasteiger partial charge in [-0.3, -0.25) is 9.10 Å². The van der Waals surface area contributed by atoms with Gasteiger partial charge < -0.3 is 14.4 Å². The number of likely N-dealkylation sites (N-methyl/N-ethyl adjacent to an activating group) is 1. The number of anilines is 1. The van der Waals surface area contributed by atoms with E-state index in [2.05, 4.69) is 0 Å². The molecular formula is C15H23ClN2O5S. The number of hydrogen-bond donors (Lipinski definition) is 0. The minimum Gasteiger partial charge on any atom is -0.495 e. The minimum absolute atomic E-state index is 0.196. The second-order valence-corrected chi connectivity index (χ2v) is 7.31. The summed E-state index contributed by atoms with van der Waals surface area (Å²) in [5, 5.41) is 0.279. The van der Waals surface area contributed by atoms with E-state index in [9.17, 15) is 13.2 Å². The number of ether oxygens (including phenoxy) is 2. The lowest BCUT2D eigenvalue weighted by Gasteiger charge is -2.27. The maximum atomic E-state index is 12.4. The number of carbonyl (C=O) groups excluding carboxylic acids is 1. The molecule has 0 aliphatic heterocycles. The van der Waals surface area contributed by atoms with Gasteiger partial charge in [-0.15, -0.1) is 0 Å². The standard InChI is InChI=1S/C15H23ClN2O5S/c1-6-17(7-2)15(19)10-18(24(5,20)21)12-9-13(22-3)11(16)8-14(12)23-4/h8-9H,6-7,10H2,1-5H3. The fraction of sp³-hybridized carbons (Fsp3) is 0.533. The number of methoxy groups -OCH3 is 2. The molecule has 7 nitrogen and oxygen atoms in total.